The van der Waals surface area contributed by atoms with Crippen molar-refractivity contribution >= 4 is 11.7 Å². The van der Waals surface area contributed by atoms with E-state index in [1.54, 1.807) is 18.2 Å². The number of cyclic esters (lactones) is 1. The van der Waals surface area contributed by atoms with Crippen LogP contribution < -0.4 is 4.90 Å². The van der Waals surface area contributed by atoms with Crippen LogP contribution in [0.25, 0.3) is 0 Å². The molecule has 0 saturated heterocycles. The summed E-state index contributed by atoms with van der Waals surface area (Å²) in [5.41, 5.74) is -2.10. The van der Waals surface area contributed by atoms with Crippen LogP contribution in [0.1, 0.15) is 42.5 Å². The maximum absolute atomic E-state index is 14.0. The number of ether oxygens (including phenoxy) is 1. The highest BCUT2D eigenvalue weighted by atomic mass is 19.4. The average Bonchev–Trinajstić information content (AvgIpc) is 2.50. The lowest BCUT2D eigenvalue weighted by molar-refractivity contribution is -0.281. The second-order valence-electron chi connectivity index (χ2n) is 5.99. The Balaban J connectivity index is 2.13. The number of fused-ring (bicyclic) bond motifs is 1. The van der Waals surface area contributed by atoms with Crippen LogP contribution >= 0.6 is 0 Å². The molecule has 0 amide bonds. The van der Waals surface area contributed by atoms with Gasteiger partial charge in [-0.2, -0.15) is 13.2 Å². The molecule has 3 rings (SSSR count). The van der Waals surface area contributed by atoms with E-state index in [0.717, 1.165) is 24.2 Å². The minimum atomic E-state index is -4.65. The van der Waals surface area contributed by atoms with Gasteiger partial charge in [0.15, 0.2) is 0 Å². The van der Waals surface area contributed by atoms with E-state index in [-0.39, 0.29) is 11.3 Å². The summed E-state index contributed by atoms with van der Waals surface area (Å²) in [6.45, 7) is 0. The molecule has 120 valence electrons. The van der Waals surface area contributed by atoms with Crippen molar-refractivity contribution in [1.82, 2.24) is 0 Å². The summed E-state index contributed by atoms with van der Waals surface area (Å²) in [5, 5.41) is 0. The topological polar surface area (TPSA) is 29.5 Å². The van der Waals surface area contributed by atoms with Gasteiger partial charge in [-0.05, 0) is 25.0 Å². The van der Waals surface area contributed by atoms with Crippen molar-refractivity contribution < 1.29 is 22.7 Å². The molecule has 0 unspecified atom stereocenters. The van der Waals surface area contributed by atoms with Gasteiger partial charge in [0.25, 0.3) is 5.72 Å². The highest BCUT2D eigenvalue weighted by Crippen LogP contribution is 2.51. The van der Waals surface area contributed by atoms with Crippen LogP contribution in [0.4, 0.5) is 18.9 Å². The summed E-state index contributed by atoms with van der Waals surface area (Å²) in [6, 6.07) is 6.29. The van der Waals surface area contributed by atoms with E-state index in [0.29, 0.717) is 12.8 Å². The van der Waals surface area contributed by atoms with Gasteiger partial charge in [-0.25, -0.2) is 4.79 Å². The van der Waals surface area contributed by atoms with Crippen molar-refractivity contribution in [1.29, 1.82) is 0 Å². The number of alkyl halides is 3. The Labute approximate surface area is 127 Å². The molecule has 2 aliphatic rings. The Morgan fingerprint density at radius 1 is 1.18 bits per heavy atom. The van der Waals surface area contributed by atoms with Gasteiger partial charge in [-0.3, -0.25) is 0 Å². The lowest BCUT2D eigenvalue weighted by atomic mass is 9.79. The van der Waals surface area contributed by atoms with Crippen LogP contribution in [0.5, 0.6) is 0 Å². The first-order chi connectivity index (χ1) is 10.4. The molecule has 22 heavy (non-hydrogen) atoms. The third kappa shape index (κ3) is 2.08. The molecule has 1 aliphatic heterocycles. The molecular formula is C16H18F3NO2. The molecule has 0 radical (unpaired) electrons. The maximum Gasteiger partial charge on any atom is 0.449 e. The van der Waals surface area contributed by atoms with E-state index < -0.39 is 23.8 Å². The van der Waals surface area contributed by atoms with Gasteiger partial charge < -0.3 is 9.64 Å². The zero-order valence-electron chi connectivity index (χ0n) is 12.3. The first-order valence-corrected chi connectivity index (χ1v) is 7.51. The molecule has 1 heterocycles. The predicted octanol–water partition coefficient (Wildman–Crippen LogP) is 4.13. The third-order valence-corrected chi connectivity index (χ3v) is 4.80. The molecule has 1 atom stereocenters. The molecule has 0 N–H and O–H groups in total. The number of anilines is 1. The summed E-state index contributed by atoms with van der Waals surface area (Å²) >= 11 is 0. The standard InChI is InChI=1S/C16H18F3NO2/c1-20-13-10-6-5-9-12(13)14(21)22-15(20,16(17,18)19)11-7-3-2-4-8-11/h5-6,9-11H,2-4,7-8H2,1H3/t15-/m0/s1. The monoisotopic (exact) mass is 313 g/mol. The fourth-order valence-corrected chi connectivity index (χ4v) is 3.71. The van der Waals surface area contributed by atoms with Gasteiger partial charge in [0.2, 0.25) is 0 Å². The van der Waals surface area contributed by atoms with Crippen LogP contribution in [0.2, 0.25) is 0 Å². The van der Waals surface area contributed by atoms with E-state index in [4.69, 9.17) is 4.74 Å². The summed E-state index contributed by atoms with van der Waals surface area (Å²) in [7, 11) is 1.37. The number of carbonyl (C=O) groups is 1. The fourth-order valence-electron chi connectivity index (χ4n) is 3.71. The maximum atomic E-state index is 14.0. The van der Waals surface area contributed by atoms with Crippen molar-refractivity contribution in [2.75, 3.05) is 11.9 Å². The van der Waals surface area contributed by atoms with E-state index in [2.05, 4.69) is 0 Å². The Morgan fingerprint density at radius 3 is 2.45 bits per heavy atom. The van der Waals surface area contributed by atoms with Gasteiger partial charge in [-0.1, -0.05) is 31.4 Å². The van der Waals surface area contributed by atoms with Crippen LogP contribution in [-0.4, -0.2) is 24.9 Å². The first-order valence-electron chi connectivity index (χ1n) is 7.51. The summed E-state index contributed by atoms with van der Waals surface area (Å²) in [6.07, 6.45) is -1.42. The van der Waals surface area contributed by atoms with Gasteiger partial charge in [-0.15, -0.1) is 0 Å². The number of hydrogen-bond acceptors (Lipinski definition) is 3. The van der Waals surface area contributed by atoms with Crippen LogP contribution in [0, 0.1) is 5.92 Å². The number of benzene rings is 1. The van der Waals surface area contributed by atoms with Crippen molar-refractivity contribution in [3.63, 3.8) is 0 Å². The van der Waals surface area contributed by atoms with Crippen LogP contribution in [0.15, 0.2) is 24.3 Å². The van der Waals surface area contributed by atoms with Crippen LogP contribution in [-0.2, 0) is 4.74 Å². The van der Waals surface area contributed by atoms with Gasteiger partial charge >= 0.3 is 12.1 Å². The molecule has 3 nitrogen and oxygen atoms in total. The van der Waals surface area contributed by atoms with Gasteiger partial charge in [0.1, 0.15) is 0 Å². The van der Waals surface area contributed by atoms with Crippen molar-refractivity contribution in [3.8, 4) is 0 Å². The second kappa shape index (κ2) is 5.18. The molecular weight excluding hydrogens is 295 g/mol. The Bertz CT molecular complexity index is 581. The van der Waals surface area contributed by atoms with E-state index in [1.165, 1.54) is 13.1 Å². The largest absolute Gasteiger partial charge is 0.449 e. The third-order valence-electron chi connectivity index (χ3n) is 4.80. The summed E-state index contributed by atoms with van der Waals surface area (Å²) in [5.74, 6) is -1.62. The number of halogens is 3. The zero-order valence-corrected chi connectivity index (χ0v) is 12.3. The molecule has 1 aliphatic carbocycles. The van der Waals surface area contributed by atoms with E-state index >= 15 is 0 Å². The minimum absolute atomic E-state index is 0.181. The number of esters is 1. The number of rotatable bonds is 1. The summed E-state index contributed by atoms with van der Waals surface area (Å²) < 4.78 is 47.0. The molecule has 1 fully saturated rings. The predicted molar refractivity (Wildman–Crippen MR) is 75.6 cm³/mol. The molecule has 1 aromatic carbocycles. The second-order valence-corrected chi connectivity index (χ2v) is 5.99. The average molecular weight is 313 g/mol. The molecule has 6 heteroatoms. The molecule has 1 aromatic rings. The Kier molecular flexibility index (Phi) is 3.57. The van der Waals surface area contributed by atoms with E-state index in [9.17, 15) is 18.0 Å². The quantitative estimate of drug-likeness (QED) is 0.730. The lowest BCUT2D eigenvalue weighted by Crippen LogP contribution is -2.67. The smallest absolute Gasteiger partial charge is 0.425 e. The number of hydrogen-bond donors (Lipinski definition) is 0. The molecule has 1 saturated carbocycles. The van der Waals surface area contributed by atoms with Crippen LogP contribution in [0.3, 0.4) is 0 Å². The highest BCUT2D eigenvalue weighted by molar-refractivity contribution is 5.98. The minimum Gasteiger partial charge on any atom is -0.425 e. The Morgan fingerprint density at radius 2 is 1.82 bits per heavy atom. The first kappa shape index (κ1) is 15.2. The molecule has 0 bridgehead atoms. The normalized spacial score (nSPS) is 26.5. The van der Waals surface area contributed by atoms with Gasteiger partial charge in [0, 0.05) is 13.0 Å². The molecule has 0 spiro atoms. The summed E-state index contributed by atoms with van der Waals surface area (Å²) in [4.78, 5) is 13.3. The zero-order chi connectivity index (χ0) is 16.0. The highest BCUT2D eigenvalue weighted by Gasteiger charge is 2.67. The Hall–Kier alpha value is -1.72. The number of nitrogens with zero attached hydrogens (tertiary/aromatic N) is 1. The lowest BCUT2D eigenvalue weighted by Gasteiger charge is -2.51. The number of para-hydroxylation sites is 1. The number of carbonyl (C=O) groups excluding carboxylic acids is 1. The van der Waals surface area contributed by atoms with Crippen molar-refractivity contribution in [2.24, 2.45) is 5.92 Å². The van der Waals surface area contributed by atoms with E-state index in [1.807, 2.05) is 0 Å². The van der Waals surface area contributed by atoms with Crippen molar-refractivity contribution in [3.05, 3.63) is 29.8 Å². The molecule has 0 aromatic heterocycles. The van der Waals surface area contributed by atoms with Crippen molar-refractivity contribution in [2.45, 2.75) is 44.0 Å². The van der Waals surface area contributed by atoms with Gasteiger partial charge in [0.05, 0.1) is 11.3 Å². The fraction of sp³-hybridized carbons (Fsp3) is 0.562. The SMILES string of the molecule is CN1c2ccccc2C(=O)O[C@@]1(C1CCCCC1)C(F)(F)F.